The van der Waals surface area contributed by atoms with Gasteiger partial charge in [0, 0.05) is 19.1 Å². The number of nitrogens with zero attached hydrogens (tertiary/aromatic N) is 5. The van der Waals surface area contributed by atoms with Gasteiger partial charge in [-0.05, 0) is 63.0 Å². The molecule has 2 aliphatic rings. The van der Waals surface area contributed by atoms with Gasteiger partial charge < -0.3 is 14.9 Å². The van der Waals surface area contributed by atoms with Crippen molar-refractivity contribution in [2.75, 3.05) is 31.6 Å². The molecule has 1 aromatic carbocycles. The first-order valence-electron chi connectivity index (χ1n) is 9.94. The zero-order valence-electron chi connectivity index (χ0n) is 16.6. The predicted molar refractivity (Wildman–Crippen MR) is 105 cm³/mol. The average molecular weight is 417 g/mol. The van der Waals surface area contributed by atoms with Crippen molar-refractivity contribution in [1.82, 2.24) is 15.1 Å². The smallest absolute Gasteiger partial charge is 0.417 e. The van der Waals surface area contributed by atoms with E-state index >= 15 is 0 Å². The van der Waals surface area contributed by atoms with Crippen LogP contribution in [0.2, 0.25) is 0 Å². The lowest BCUT2D eigenvalue weighted by molar-refractivity contribution is -0.137. The highest BCUT2D eigenvalue weighted by Gasteiger charge is 2.37. The summed E-state index contributed by atoms with van der Waals surface area (Å²) in [6.45, 7) is 2.81. The second-order valence-electron chi connectivity index (χ2n) is 7.96. The van der Waals surface area contributed by atoms with E-state index in [1.54, 1.807) is 12.1 Å². The first kappa shape index (κ1) is 20.4. The Morgan fingerprint density at radius 1 is 1.17 bits per heavy atom. The van der Waals surface area contributed by atoms with Gasteiger partial charge in [0.25, 0.3) is 0 Å². The molecule has 9 heteroatoms. The molecule has 0 radical (unpaired) electrons. The molecule has 6 nitrogen and oxygen atoms in total. The summed E-state index contributed by atoms with van der Waals surface area (Å²) in [7, 11) is 2.08. The number of fused-ring (bicyclic) bond motifs is 1. The van der Waals surface area contributed by atoms with Crippen LogP contribution in [0.3, 0.4) is 0 Å². The van der Waals surface area contributed by atoms with Crippen LogP contribution in [0.25, 0.3) is 11.3 Å². The van der Waals surface area contributed by atoms with Crippen molar-refractivity contribution in [2.45, 2.75) is 37.9 Å². The number of likely N-dealkylation sites (N-methyl/N-ethyl adjacent to an activating group) is 1. The van der Waals surface area contributed by atoms with Crippen LogP contribution < -0.4 is 4.90 Å². The maximum absolute atomic E-state index is 13.6. The van der Waals surface area contributed by atoms with Crippen LogP contribution in [0.5, 0.6) is 5.75 Å². The zero-order valence-corrected chi connectivity index (χ0v) is 16.6. The Morgan fingerprint density at radius 3 is 2.67 bits per heavy atom. The van der Waals surface area contributed by atoms with E-state index < -0.39 is 23.1 Å². The van der Waals surface area contributed by atoms with Crippen molar-refractivity contribution in [3.63, 3.8) is 0 Å². The number of benzene rings is 1. The third-order valence-corrected chi connectivity index (χ3v) is 5.82. The third-order valence-electron chi connectivity index (χ3n) is 5.82. The number of hydrogen-bond acceptors (Lipinski definition) is 6. The molecular weight excluding hydrogens is 395 g/mol. The predicted octanol–water partition coefficient (Wildman–Crippen LogP) is 3.59. The molecule has 1 fully saturated rings. The summed E-state index contributed by atoms with van der Waals surface area (Å²) in [6.07, 6.45) is -1.04. The normalized spacial score (nSPS) is 20.0. The van der Waals surface area contributed by atoms with E-state index in [2.05, 4.69) is 27.0 Å². The van der Waals surface area contributed by atoms with E-state index in [4.69, 9.17) is 5.26 Å². The lowest BCUT2D eigenvalue weighted by Crippen LogP contribution is -2.49. The highest BCUT2D eigenvalue weighted by molar-refractivity contribution is 5.74. The maximum atomic E-state index is 13.6. The first-order valence-corrected chi connectivity index (χ1v) is 9.94. The SMILES string of the molecule is CN1CCC[C@@H](N2CCCc3cc(-c4c(O)cc(C#N)cc4C(F)(F)F)nnc32)C1. The van der Waals surface area contributed by atoms with Crippen LogP contribution in [0.1, 0.15) is 36.0 Å². The summed E-state index contributed by atoms with van der Waals surface area (Å²) in [6, 6.07) is 5.31. The van der Waals surface area contributed by atoms with E-state index in [1.807, 2.05) is 0 Å². The summed E-state index contributed by atoms with van der Waals surface area (Å²) in [5.41, 5.74) is -0.995. The van der Waals surface area contributed by atoms with Gasteiger partial charge >= 0.3 is 6.18 Å². The number of aromatic nitrogens is 2. The molecule has 1 saturated heterocycles. The lowest BCUT2D eigenvalue weighted by atomic mass is 9.96. The molecule has 0 unspecified atom stereocenters. The minimum absolute atomic E-state index is 0.0364. The van der Waals surface area contributed by atoms with Gasteiger partial charge in [-0.25, -0.2) is 0 Å². The second kappa shape index (κ2) is 7.76. The topological polar surface area (TPSA) is 76.3 Å². The number of hydrogen-bond donors (Lipinski definition) is 1. The van der Waals surface area contributed by atoms with Gasteiger partial charge in [0.15, 0.2) is 5.82 Å². The number of anilines is 1. The highest BCUT2D eigenvalue weighted by atomic mass is 19.4. The van der Waals surface area contributed by atoms with Gasteiger partial charge in [0.1, 0.15) is 5.75 Å². The quantitative estimate of drug-likeness (QED) is 0.805. The molecule has 0 bridgehead atoms. The molecule has 2 aromatic rings. The largest absolute Gasteiger partial charge is 0.507 e. The number of nitriles is 1. The van der Waals surface area contributed by atoms with E-state index in [1.165, 1.54) is 0 Å². The van der Waals surface area contributed by atoms with Crippen LogP contribution in [0.4, 0.5) is 19.0 Å². The Morgan fingerprint density at radius 2 is 1.97 bits per heavy atom. The molecule has 158 valence electrons. The van der Waals surface area contributed by atoms with Crippen molar-refractivity contribution in [3.8, 4) is 23.1 Å². The molecule has 0 aliphatic carbocycles. The van der Waals surface area contributed by atoms with Crippen molar-refractivity contribution < 1.29 is 18.3 Å². The van der Waals surface area contributed by atoms with Crippen LogP contribution in [-0.4, -0.2) is 52.9 Å². The highest BCUT2D eigenvalue weighted by Crippen LogP contribution is 2.43. The fourth-order valence-corrected chi connectivity index (χ4v) is 4.45. The molecule has 3 heterocycles. The standard InChI is InChI=1S/C21H22F3N5O/c1-28-6-3-5-15(12-28)29-7-2-4-14-10-17(26-27-20(14)29)19-16(21(22,23)24)8-13(11-25)9-18(19)30/h8-10,15,30H,2-7,12H2,1H3/t15-/m1/s1. The van der Waals surface area contributed by atoms with E-state index in [0.29, 0.717) is 18.3 Å². The summed E-state index contributed by atoms with van der Waals surface area (Å²) in [5, 5.41) is 27.6. The molecule has 0 saturated carbocycles. The van der Waals surface area contributed by atoms with Crippen molar-refractivity contribution in [1.29, 1.82) is 5.26 Å². The molecule has 0 spiro atoms. The summed E-state index contributed by atoms with van der Waals surface area (Å²) >= 11 is 0. The number of rotatable bonds is 2. The summed E-state index contributed by atoms with van der Waals surface area (Å²) < 4.78 is 40.9. The Kier molecular flexibility index (Phi) is 5.28. The fourth-order valence-electron chi connectivity index (χ4n) is 4.45. The minimum Gasteiger partial charge on any atom is -0.507 e. The van der Waals surface area contributed by atoms with Gasteiger partial charge in [-0.3, -0.25) is 0 Å². The first-order chi connectivity index (χ1) is 14.3. The molecule has 30 heavy (non-hydrogen) atoms. The van der Waals surface area contributed by atoms with E-state index in [0.717, 1.165) is 56.6 Å². The van der Waals surface area contributed by atoms with Gasteiger partial charge in [0.05, 0.1) is 28.5 Å². The lowest BCUT2D eigenvalue weighted by Gasteiger charge is -2.41. The molecular formula is C21H22F3N5O. The number of alkyl halides is 3. The number of phenols is 1. The average Bonchev–Trinajstić information content (AvgIpc) is 2.71. The molecule has 1 aromatic heterocycles. The Labute approximate surface area is 172 Å². The molecule has 1 N–H and O–H groups in total. The maximum Gasteiger partial charge on any atom is 0.417 e. The number of phenolic OH excluding ortho intramolecular Hbond substituents is 1. The number of aromatic hydroxyl groups is 1. The van der Waals surface area contributed by atoms with Crippen molar-refractivity contribution in [3.05, 3.63) is 34.9 Å². The zero-order chi connectivity index (χ0) is 21.5. The van der Waals surface area contributed by atoms with Gasteiger partial charge in [0.2, 0.25) is 0 Å². The Balaban J connectivity index is 1.76. The second-order valence-corrected chi connectivity index (χ2v) is 7.96. The van der Waals surface area contributed by atoms with E-state index in [9.17, 15) is 18.3 Å². The van der Waals surface area contributed by atoms with Crippen LogP contribution in [0.15, 0.2) is 18.2 Å². The number of aryl methyl sites for hydroxylation is 1. The molecule has 0 amide bonds. The monoisotopic (exact) mass is 417 g/mol. The van der Waals surface area contributed by atoms with Gasteiger partial charge in [-0.2, -0.15) is 18.4 Å². The number of likely N-dealkylation sites (tertiary alicyclic amines) is 1. The molecule has 4 rings (SSSR count). The van der Waals surface area contributed by atoms with Gasteiger partial charge in [-0.15, -0.1) is 10.2 Å². The number of halogens is 3. The fraction of sp³-hybridized carbons (Fsp3) is 0.476. The molecule has 1 atom stereocenters. The van der Waals surface area contributed by atoms with Gasteiger partial charge in [-0.1, -0.05) is 0 Å². The van der Waals surface area contributed by atoms with Crippen LogP contribution in [-0.2, 0) is 12.6 Å². The molecule has 2 aliphatic heterocycles. The number of piperidine rings is 1. The minimum atomic E-state index is -4.74. The third kappa shape index (κ3) is 3.79. The van der Waals surface area contributed by atoms with Crippen LogP contribution >= 0.6 is 0 Å². The Hall–Kier alpha value is -2.86. The van der Waals surface area contributed by atoms with Crippen molar-refractivity contribution in [2.24, 2.45) is 0 Å². The summed E-state index contributed by atoms with van der Waals surface area (Å²) in [4.78, 5) is 4.49. The van der Waals surface area contributed by atoms with E-state index in [-0.39, 0.29) is 11.3 Å². The van der Waals surface area contributed by atoms with Crippen molar-refractivity contribution >= 4 is 5.82 Å². The van der Waals surface area contributed by atoms with Crippen LogP contribution in [0, 0.1) is 11.3 Å². The Bertz CT molecular complexity index is 1000. The summed E-state index contributed by atoms with van der Waals surface area (Å²) in [5.74, 6) is 0.0872.